The Balaban J connectivity index is 2.30. The summed E-state index contributed by atoms with van der Waals surface area (Å²) in [5, 5.41) is 0.787. The first-order chi connectivity index (χ1) is 11.0. The van der Waals surface area contributed by atoms with Crippen molar-refractivity contribution < 1.29 is 9.53 Å². The third-order valence-corrected chi connectivity index (χ3v) is 4.20. The molecule has 0 spiro atoms. The Kier molecular flexibility index (Phi) is 4.05. The SMILES string of the molecule is COC(=O)c1c(C)n(C(C)c2ccccc2)c2nc(Cl)ncc12. The predicted molar refractivity (Wildman–Crippen MR) is 88.9 cm³/mol. The van der Waals surface area contributed by atoms with Crippen molar-refractivity contribution in [3.63, 3.8) is 0 Å². The fourth-order valence-electron chi connectivity index (χ4n) is 2.90. The minimum absolute atomic E-state index is 0.0110. The molecule has 0 amide bonds. The number of rotatable bonds is 3. The molecule has 0 saturated heterocycles. The lowest BCUT2D eigenvalue weighted by Gasteiger charge is -2.17. The maximum Gasteiger partial charge on any atom is 0.340 e. The molecule has 3 aromatic rings. The van der Waals surface area contributed by atoms with E-state index in [-0.39, 0.29) is 11.3 Å². The molecule has 6 heteroatoms. The van der Waals surface area contributed by atoms with Crippen LogP contribution in [0.3, 0.4) is 0 Å². The van der Waals surface area contributed by atoms with E-state index >= 15 is 0 Å². The largest absolute Gasteiger partial charge is 0.465 e. The van der Waals surface area contributed by atoms with E-state index < -0.39 is 5.97 Å². The number of nitrogens with zero attached hydrogens (tertiary/aromatic N) is 3. The Morgan fingerprint density at radius 2 is 2.00 bits per heavy atom. The maximum absolute atomic E-state index is 12.2. The van der Waals surface area contributed by atoms with Gasteiger partial charge in [-0.15, -0.1) is 0 Å². The van der Waals surface area contributed by atoms with Crippen LogP contribution in [0.2, 0.25) is 5.28 Å². The molecule has 0 aliphatic carbocycles. The number of ether oxygens (including phenoxy) is 1. The van der Waals surface area contributed by atoms with Gasteiger partial charge < -0.3 is 9.30 Å². The van der Waals surface area contributed by atoms with E-state index in [0.29, 0.717) is 16.6 Å². The Morgan fingerprint density at radius 1 is 1.30 bits per heavy atom. The van der Waals surface area contributed by atoms with Gasteiger partial charge in [0.2, 0.25) is 5.28 Å². The molecule has 0 bridgehead atoms. The predicted octanol–water partition coefficient (Wildman–Crippen LogP) is 3.79. The molecule has 1 unspecified atom stereocenters. The van der Waals surface area contributed by atoms with Crippen LogP contribution in [0.15, 0.2) is 36.5 Å². The molecule has 0 N–H and O–H groups in total. The molecule has 2 aromatic heterocycles. The first-order valence-corrected chi connectivity index (χ1v) is 7.58. The first-order valence-electron chi connectivity index (χ1n) is 7.21. The lowest BCUT2D eigenvalue weighted by atomic mass is 10.1. The van der Waals surface area contributed by atoms with Crippen LogP contribution < -0.4 is 0 Å². The fraction of sp³-hybridized carbons (Fsp3) is 0.235. The second-order valence-electron chi connectivity index (χ2n) is 5.28. The lowest BCUT2D eigenvalue weighted by Crippen LogP contribution is -2.11. The molecular formula is C17H16ClN3O2. The number of benzene rings is 1. The number of hydrogen-bond donors (Lipinski definition) is 0. The summed E-state index contributed by atoms with van der Waals surface area (Å²) >= 11 is 5.96. The molecule has 118 valence electrons. The van der Waals surface area contributed by atoms with Crippen LogP contribution in [-0.2, 0) is 4.74 Å². The summed E-state index contributed by atoms with van der Waals surface area (Å²) in [6.07, 6.45) is 1.57. The number of hydrogen-bond acceptors (Lipinski definition) is 4. The summed E-state index contributed by atoms with van der Waals surface area (Å²) in [5.74, 6) is -0.405. The average molecular weight is 330 g/mol. The molecule has 0 aliphatic rings. The number of fused-ring (bicyclic) bond motifs is 1. The number of methoxy groups -OCH3 is 1. The Morgan fingerprint density at radius 3 is 2.65 bits per heavy atom. The first kappa shape index (κ1) is 15.5. The smallest absolute Gasteiger partial charge is 0.340 e. The molecule has 1 atom stereocenters. The highest BCUT2D eigenvalue weighted by molar-refractivity contribution is 6.28. The van der Waals surface area contributed by atoms with Crippen LogP contribution in [0.25, 0.3) is 11.0 Å². The monoisotopic (exact) mass is 329 g/mol. The van der Waals surface area contributed by atoms with E-state index in [4.69, 9.17) is 16.3 Å². The standard InChI is InChI=1S/C17H16ClN3O2/c1-10(12-7-5-4-6-8-12)21-11(2)14(16(22)23-3)13-9-19-17(18)20-15(13)21/h4-10H,1-3H3. The fourth-order valence-corrected chi connectivity index (χ4v) is 3.03. The number of aromatic nitrogens is 3. The average Bonchev–Trinajstić information content (AvgIpc) is 2.85. The summed E-state index contributed by atoms with van der Waals surface area (Å²) in [4.78, 5) is 20.5. The molecule has 3 rings (SSSR count). The van der Waals surface area contributed by atoms with Crippen LogP contribution in [0.4, 0.5) is 0 Å². The number of esters is 1. The van der Waals surface area contributed by atoms with Crippen LogP contribution in [0.1, 0.15) is 34.6 Å². The van der Waals surface area contributed by atoms with Crippen molar-refractivity contribution in [2.24, 2.45) is 0 Å². The van der Waals surface area contributed by atoms with Gasteiger partial charge in [-0.25, -0.2) is 9.78 Å². The molecule has 0 fully saturated rings. The van der Waals surface area contributed by atoms with Gasteiger partial charge in [0.15, 0.2) is 0 Å². The molecular weight excluding hydrogens is 314 g/mol. The molecule has 2 heterocycles. The van der Waals surface area contributed by atoms with Crippen molar-refractivity contribution in [2.75, 3.05) is 7.11 Å². The Bertz CT molecular complexity index is 874. The van der Waals surface area contributed by atoms with E-state index in [2.05, 4.69) is 16.9 Å². The van der Waals surface area contributed by atoms with Crippen LogP contribution in [0.5, 0.6) is 0 Å². The number of carbonyl (C=O) groups excluding carboxylic acids is 1. The second kappa shape index (κ2) is 6.01. The van der Waals surface area contributed by atoms with Crippen molar-refractivity contribution in [3.8, 4) is 0 Å². The van der Waals surface area contributed by atoms with E-state index in [9.17, 15) is 4.79 Å². The van der Waals surface area contributed by atoms with Crippen molar-refractivity contribution in [3.05, 3.63) is 58.6 Å². The van der Waals surface area contributed by atoms with Crippen LogP contribution in [-0.4, -0.2) is 27.6 Å². The summed E-state index contributed by atoms with van der Waals surface area (Å²) in [6.45, 7) is 3.93. The van der Waals surface area contributed by atoms with Crippen LogP contribution >= 0.6 is 11.6 Å². The minimum Gasteiger partial charge on any atom is -0.465 e. The summed E-state index contributed by atoms with van der Waals surface area (Å²) in [6, 6.07) is 10.00. The maximum atomic E-state index is 12.2. The van der Waals surface area contributed by atoms with Crippen molar-refractivity contribution >= 4 is 28.6 Å². The molecule has 23 heavy (non-hydrogen) atoms. The van der Waals surface area contributed by atoms with Gasteiger partial charge in [0.05, 0.1) is 24.1 Å². The minimum atomic E-state index is -0.405. The highest BCUT2D eigenvalue weighted by Crippen LogP contribution is 2.31. The quantitative estimate of drug-likeness (QED) is 0.542. The zero-order valence-electron chi connectivity index (χ0n) is 13.1. The summed E-state index contributed by atoms with van der Waals surface area (Å²) in [7, 11) is 1.36. The van der Waals surface area contributed by atoms with Crippen molar-refractivity contribution in [2.45, 2.75) is 19.9 Å². The van der Waals surface area contributed by atoms with Crippen LogP contribution in [0, 0.1) is 6.92 Å². The van der Waals surface area contributed by atoms with Crippen molar-refractivity contribution in [1.29, 1.82) is 0 Å². The van der Waals surface area contributed by atoms with Gasteiger partial charge in [0.1, 0.15) is 5.65 Å². The van der Waals surface area contributed by atoms with E-state index in [1.54, 1.807) is 6.20 Å². The van der Waals surface area contributed by atoms with Gasteiger partial charge in [-0.05, 0) is 31.0 Å². The van der Waals surface area contributed by atoms with Gasteiger partial charge in [0, 0.05) is 11.9 Å². The topological polar surface area (TPSA) is 57.0 Å². The lowest BCUT2D eigenvalue weighted by molar-refractivity contribution is 0.0602. The van der Waals surface area contributed by atoms with Gasteiger partial charge in [0.25, 0.3) is 0 Å². The van der Waals surface area contributed by atoms with E-state index in [1.807, 2.05) is 41.8 Å². The Labute approximate surface area is 138 Å². The summed E-state index contributed by atoms with van der Waals surface area (Å²) < 4.78 is 6.90. The zero-order valence-corrected chi connectivity index (χ0v) is 13.8. The normalized spacial score (nSPS) is 12.3. The van der Waals surface area contributed by atoms with Crippen molar-refractivity contribution in [1.82, 2.24) is 14.5 Å². The van der Waals surface area contributed by atoms with Gasteiger partial charge in [-0.1, -0.05) is 30.3 Å². The highest BCUT2D eigenvalue weighted by Gasteiger charge is 2.25. The zero-order chi connectivity index (χ0) is 16.6. The molecule has 0 aliphatic heterocycles. The molecule has 0 saturated carbocycles. The third-order valence-electron chi connectivity index (χ3n) is 4.02. The molecule has 5 nitrogen and oxygen atoms in total. The van der Waals surface area contributed by atoms with Gasteiger partial charge in [-0.3, -0.25) is 0 Å². The third kappa shape index (κ3) is 2.57. The van der Waals surface area contributed by atoms with E-state index in [0.717, 1.165) is 11.3 Å². The molecule has 1 aromatic carbocycles. The number of halogens is 1. The Hall–Kier alpha value is -2.40. The highest BCUT2D eigenvalue weighted by atomic mass is 35.5. The van der Waals surface area contributed by atoms with Gasteiger partial charge >= 0.3 is 5.97 Å². The van der Waals surface area contributed by atoms with E-state index in [1.165, 1.54) is 7.11 Å². The number of carbonyl (C=O) groups is 1. The second-order valence-corrected chi connectivity index (χ2v) is 5.62. The van der Waals surface area contributed by atoms with Gasteiger partial charge in [-0.2, -0.15) is 4.98 Å². The summed E-state index contributed by atoms with van der Waals surface area (Å²) in [5.41, 5.74) is 2.99. The molecule has 0 radical (unpaired) electrons.